The predicted octanol–water partition coefficient (Wildman–Crippen LogP) is 7.04. The second kappa shape index (κ2) is 8.79. The zero-order valence-corrected chi connectivity index (χ0v) is 19.9. The van der Waals surface area contributed by atoms with Crippen LogP contribution in [0.25, 0.3) is 0 Å². The van der Waals surface area contributed by atoms with Gasteiger partial charge in [-0.05, 0) is 86.9 Å². The van der Waals surface area contributed by atoms with Crippen molar-refractivity contribution in [2.75, 3.05) is 0 Å². The Balaban J connectivity index is 1.72. The van der Waals surface area contributed by atoms with Gasteiger partial charge in [-0.2, -0.15) is 8.78 Å². The van der Waals surface area contributed by atoms with E-state index in [2.05, 4.69) is 13.8 Å². The van der Waals surface area contributed by atoms with E-state index in [4.69, 9.17) is 0 Å². The van der Waals surface area contributed by atoms with Crippen molar-refractivity contribution in [1.82, 2.24) is 0 Å². The first-order chi connectivity index (χ1) is 13.9. The van der Waals surface area contributed by atoms with Gasteiger partial charge in [0.2, 0.25) is 5.78 Å². The summed E-state index contributed by atoms with van der Waals surface area (Å²) in [4.78, 5) is 12.1. The van der Waals surface area contributed by atoms with E-state index in [-0.39, 0.29) is 23.7 Å². The third kappa shape index (κ3) is 4.94. The molecule has 0 saturated heterocycles. The Morgan fingerprint density at radius 2 is 1.77 bits per heavy atom. The van der Waals surface area contributed by atoms with Crippen LogP contribution in [0.5, 0.6) is 0 Å². The quantitative estimate of drug-likeness (QED) is 0.523. The minimum Gasteiger partial charge on any atom is -0.390 e. The molecule has 0 heterocycles. The monoisotopic (exact) mass is 426 g/mol. The summed E-state index contributed by atoms with van der Waals surface area (Å²) in [6.07, 6.45) is 10.1. The second-order valence-corrected chi connectivity index (χ2v) is 12.0. The van der Waals surface area contributed by atoms with Crippen LogP contribution in [0.1, 0.15) is 105 Å². The molecule has 2 nitrogen and oxygen atoms in total. The molecule has 0 aromatic carbocycles. The fourth-order valence-electron chi connectivity index (χ4n) is 7.35. The van der Waals surface area contributed by atoms with E-state index in [0.29, 0.717) is 17.8 Å². The van der Waals surface area contributed by atoms with E-state index in [0.717, 1.165) is 51.4 Å². The first kappa shape index (κ1) is 24.1. The Kier molecular flexibility index (Phi) is 7.07. The highest BCUT2D eigenvalue weighted by atomic mass is 19.3. The number of Topliss-reactive ketones (excluding diaryl/α,β-unsaturated/α-hetero) is 1. The molecule has 1 N–H and O–H groups in total. The average Bonchev–Trinajstić information content (AvgIpc) is 2.72. The molecule has 3 saturated carbocycles. The molecule has 0 bridgehead atoms. The van der Waals surface area contributed by atoms with Gasteiger partial charge in [-0.15, -0.1) is 0 Å². The Bertz CT molecular complexity index is 614. The van der Waals surface area contributed by atoms with Crippen molar-refractivity contribution in [2.45, 2.75) is 117 Å². The summed E-state index contributed by atoms with van der Waals surface area (Å²) in [6, 6.07) is 0. The minimum absolute atomic E-state index is 0.0708. The van der Waals surface area contributed by atoms with Gasteiger partial charge in [0.1, 0.15) is 0 Å². The Labute approximate surface area is 182 Å². The summed E-state index contributed by atoms with van der Waals surface area (Å²) in [5.41, 5.74) is -0.245. The maximum atomic E-state index is 14.6. The number of carbonyl (C=O) groups excluding carboxylic acids is 1. The van der Waals surface area contributed by atoms with Gasteiger partial charge in [-0.1, -0.05) is 47.0 Å². The summed E-state index contributed by atoms with van der Waals surface area (Å²) in [7, 11) is 0. The highest BCUT2D eigenvalue weighted by Gasteiger charge is 2.52. The molecule has 0 spiro atoms. The van der Waals surface area contributed by atoms with Crippen LogP contribution in [0.15, 0.2) is 0 Å². The fourth-order valence-corrected chi connectivity index (χ4v) is 7.35. The molecule has 3 rings (SSSR count). The van der Waals surface area contributed by atoms with Crippen molar-refractivity contribution < 1.29 is 18.7 Å². The number of aliphatic hydroxyl groups is 1. The Morgan fingerprint density at radius 3 is 2.43 bits per heavy atom. The molecule has 4 heteroatoms. The molecule has 3 fully saturated rings. The molecule has 3 aliphatic rings. The lowest BCUT2D eigenvalue weighted by Crippen LogP contribution is -2.50. The van der Waals surface area contributed by atoms with E-state index in [9.17, 15) is 18.7 Å². The highest BCUT2D eigenvalue weighted by molar-refractivity contribution is 5.87. The largest absolute Gasteiger partial charge is 0.390 e. The van der Waals surface area contributed by atoms with Gasteiger partial charge >= 0.3 is 5.92 Å². The molecule has 174 valence electrons. The lowest BCUT2D eigenvalue weighted by molar-refractivity contribution is -0.149. The topological polar surface area (TPSA) is 37.3 Å². The number of rotatable bonds is 4. The SMILES string of the molecule is CC(C)C(=O)C(F)(F)CC1CCCC2CCC3C[C@@](C)(O)CCC3(C)C2CCC1C. The number of ketones is 1. The van der Waals surface area contributed by atoms with Crippen LogP contribution in [0, 0.1) is 40.9 Å². The van der Waals surface area contributed by atoms with E-state index in [1.54, 1.807) is 13.8 Å². The lowest BCUT2D eigenvalue weighted by Gasteiger charge is -2.57. The van der Waals surface area contributed by atoms with Gasteiger partial charge in [0.15, 0.2) is 0 Å². The molecule has 0 amide bonds. The molecular weight excluding hydrogens is 382 g/mol. The lowest BCUT2D eigenvalue weighted by atomic mass is 9.49. The Hall–Kier alpha value is -0.510. The molecule has 30 heavy (non-hydrogen) atoms. The summed E-state index contributed by atoms with van der Waals surface area (Å²) in [6.45, 7) is 9.74. The first-order valence-corrected chi connectivity index (χ1v) is 12.5. The van der Waals surface area contributed by atoms with Gasteiger partial charge in [-0.3, -0.25) is 4.79 Å². The highest BCUT2D eigenvalue weighted by Crippen LogP contribution is 2.59. The van der Waals surface area contributed by atoms with Gasteiger partial charge in [-0.25, -0.2) is 0 Å². The first-order valence-electron chi connectivity index (χ1n) is 12.5. The van der Waals surface area contributed by atoms with E-state index >= 15 is 0 Å². The third-order valence-electron chi connectivity index (χ3n) is 9.41. The molecule has 6 unspecified atom stereocenters. The van der Waals surface area contributed by atoms with E-state index in [1.807, 2.05) is 6.92 Å². The fraction of sp³-hybridized carbons (Fsp3) is 0.962. The summed E-state index contributed by atoms with van der Waals surface area (Å²) >= 11 is 0. The van der Waals surface area contributed by atoms with Crippen LogP contribution in [0.4, 0.5) is 8.78 Å². The number of hydrogen-bond acceptors (Lipinski definition) is 2. The van der Waals surface area contributed by atoms with Gasteiger partial charge in [0.05, 0.1) is 5.60 Å². The zero-order valence-electron chi connectivity index (χ0n) is 19.9. The predicted molar refractivity (Wildman–Crippen MR) is 117 cm³/mol. The number of fused-ring (bicyclic) bond motifs is 3. The van der Waals surface area contributed by atoms with Crippen LogP contribution in [0.3, 0.4) is 0 Å². The molecule has 0 aromatic heterocycles. The van der Waals surface area contributed by atoms with Crippen molar-refractivity contribution >= 4 is 5.78 Å². The van der Waals surface area contributed by atoms with Crippen LogP contribution in [-0.2, 0) is 4.79 Å². The van der Waals surface area contributed by atoms with E-state index < -0.39 is 23.2 Å². The van der Waals surface area contributed by atoms with Crippen LogP contribution in [-0.4, -0.2) is 22.4 Å². The summed E-state index contributed by atoms with van der Waals surface area (Å²) in [5, 5.41) is 10.6. The van der Waals surface area contributed by atoms with Gasteiger partial charge < -0.3 is 5.11 Å². The molecule has 3 aliphatic carbocycles. The maximum Gasteiger partial charge on any atom is 0.305 e. The molecule has 7 atom stereocenters. The zero-order chi connectivity index (χ0) is 22.3. The molecule has 0 radical (unpaired) electrons. The average molecular weight is 427 g/mol. The van der Waals surface area contributed by atoms with Gasteiger partial charge in [0.25, 0.3) is 0 Å². The molecule has 0 aliphatic heterocycles. The van der Waals surface area contributed by atoms with Gasteiger partial charge in [0, 0.05) is 12.3 Å². The smallest absolute Gasteiger partial charge is 0.305 e. The number of hydrogen-bond donors (Lipinski definition) is 1. The normalized spacial score (nSPS) is 43.2. The van der Waals surface area contributed by atoms with Crippen LogP contribution < -0.4 is 0 Å². The van der Waals surface area contributed by atoms with E-state index in [1.165, 1.54) is 12.8 Å². The van der Waals surface area contributed by atoms with Crippen molar-refractivity contribution in [3.8, 4) is 0 Å². The minimum atomic E-state index is -3.19. The number of alkyl halides is 2. The summed E-state index contributed by atoms with van der Waals surface area (Å²) < 4.78 is 29.3. The van der Waals surface area contributed by atoms with Crippen molar-refractivity contribution in [2.24, 2.45) is 40.9 Å². The van der Waals surface area contributed by atoms with Crippen LogP contribution >= 0.6 is 0 Å². The number of carbonyl (C=O) groups is 1. The van der Waals surface area contributed by atoms with Crippen LogP contribution in [0.2, 0.25) is 0 Å². The molecular formula is C26H44F2O2. The van der Waals surface area contributed by atoms with Crippen molar-refractivity contribution in [1.29, 1.82) is 0 Å². The third-order valence-corrected chi connectivity index (χ3v) is 9.41. The molecule has 0 aromatic rings. The maximum absolute atomic E-state index is 14.6. The number of halogens is 2. The standard InChI is InChI=1S/C26H44F2O2/c1-17(2)23(29)26(27,28)15-20-8-6-7-19-10-11-21-16-24(4,30)13-14-25(21,5)22(19)12-9-18(20)3/h17-22,30H,6-16H2,1-5H3/t18?,19?,20?,21?,22?,24-,25?/m0/s1. The van der Waals surface area contributed by atoms with Crippen molar-refractivity contribution in [3.05, 3.63) is 0 Å². The summed E-state index contributed by atoms with van der Waals surface area (Å²) in [5.74, 6) is -2.63. The van der Waals surface area contributed by atoms with Crippen molar-refractivity contribution in [3.63, 3.8) is 0 Å². The Morgan fingerprint density at radius 1 is 1.07 bits per heavy atom. The second-order valence-electron chi connectivity index (χ2n) is 12.0.